The maximum Gasteiger partial charge on any atom is 0.151 e. The van der Waals surface area contributed by atoms with Gasteiger partial charge >= 0.3 is 0 Å². The van der Waals surface area contributed by atoms with Crippen LogP contribution in [0.2, 0.25) is 0 Å². The summed E-state index contributed by atoms with van der Waals surface area (Å²) in [5.74, 6) is 3.21. The number of aromatic amines is 2. The van der Waals surface area contributed by atoms with Crippen molar-refractivity contribution in [1.82, 2.24) is 30.6 Å². The maximum atomic E-state index is 15.1. The van der Waals surface area contributed by atoms with Crippen LogP contribution in [0.1, 0.15) is 49.4 Å². The first kappa shape index (κ1) is 19.0. The van der Waals surface area contributed by atoms with Crippen LogP contribution in [0.25, 0.3) is 44.0 Å². The topological polar surface area (TPSA) is 81.4 Å². The van der Waals surface area contributed by atoms with Crippen molar-refractivity contribution in [2.24, 2.45) is 11.8 Å². The van der Waals surface area contributed by atoms with Gasteiger partial charge in [0.05, 0.1) is 28.6 Å². The van der Waals surface area contributed by atoms with Gasteiger partial charge in [-0.15, -0.1) is 0 Å². The molecule has 9 rings (SSSR count). The Balaban J connectivity index is 1.09. The van der Waals surface area contributed by atoms with Gasteiger partial charge in [0.2, 0.25) is 0 Å². The molecule has 2 aromatic heterocycles. The Morgan fingerprint density at radius 2 is 1.40 bits per heavy atom. The third kappa shape index (κ3) is 2.82. The number of aromatic nitrogens is 4. The summed E-state index contributed by atoms with van der Waals surface area (Å²) in [5, 5.41) is 9.51. The van der Waals surface area contributed by atoms with E-state index in [0.29, 0.717) is 23.6 Å². The predicted octanol–water partition coefficient (Wildman–Crippen LogP) is 5.24. The lowest BCUT2D eigenvalue weighted by molar-refractivity contribution is 0.544. The van der Waals surface area contributed by atoms with Crippen molar-refractivity contribution in [2.75, 3.05) is 0 Å². The quantitative estimate of drug-likeness (QED) is 0.294. The Hall–Kier alpha value is -3.29. The zero-order valence-electron chi connectivity index (χ0n) is 19.1. The SMILES string of the molecule is Fc1cc(-c2ccc3c(ccc4[nH]c([C@@H]5C[C@H]6C[C@H]6N5)nc43)c2)cc2[nH]c([C@@H]3C[C@H]4C[C@H]4N3)nc12. The number of piperidine rings is 2. The first-order valence-electron chi connectivity index (χ1n) is 12.8. The van der Waals surface area contributed by atoms with E-state index in [4.69, 9.17) is 4.98 Å². The zero-order chi connectivity index (χ0) is 22.8. The molecule has 4 heterocycles. The second kappa shape index (κ2) is 6.47. The molecular formula is C28H25FN6. The third-order valence-electron chi connectivity index (χ3n) is 8.79. The molecule has 5 aromatic rings. The summed E-state index contributed by atoms with van der Waals surface area (Å²) in [6.45, 7) is 0. The highest BCUT2D eigenvalue weighted by Gasteiger charge is 2.47. The average molecular weight is 465 g/mol. The number of H-pyrrole nitrogens is 2. The number of halogens is 1. The minimum atomic E-state index is -0.280. The molecule has 6 nitrogen and oxygen atoms in total. The normalized spacial score (nSPS) is 30.9. The van der Waals surface area contributed by atoms with Crippen molar-refractivity contribution >= 4 is 32.8 Å². The molecule has 35 heavy (non-hydrogen) atoms. The fraction of sp³-hybridized carbons (Fsp3) is 0.357. The van der Waals surface area contributed by atoms with E-state index in [1.165, 1.54) is 19.3 Å². The molecule has 174 valence electrons. The van der Waals surface area contributed by atoms with E-state index < -0.39 is 0 Å². The number of imidazole rings is 2. The Morgan fingerprint density at radius 3 is 2.11 bits per heavy atom. The van der Waals surface area contributed by atoms with E-state index in [9.17, 15) is 0 Å². The van der Waals surface area contributed by atoms with Gasteiger partial charge in [0.25, 0.3) is 0 Å². The summed E-state index contributed by atoms with van der Waals surface area (Å²) < 4.78 is 15.1. The van der Waals surface area contributed by atoms with Crippen LogP contribution < -0.4 is 10.6 Å². The molecule has 2 aliphatic carbocycles. The van der Waals surface area contributed by atoms with Gasteiger partial charge in [0.15, 0.2) is 5.82 Å². The van der Waals surface area contributed by atoms with Gasteiger partial charge in [0.1, 0.15) is 17.2 Å². The maximum absolute atomic E-state index is 15.1. The van der Waals surface area contributed by atoms with Gasteiger partial charge in [-0.05, 0) is 78.3 Å². The highest BCUT2D eigenvalue weighted by atomic mass is 19.1. The van der Waals surface area contributed by atoms with Gasteiger partial charge in [-0.1, -0.05) is 18.2 Å². The van der Waals surface area contributed by atoms with E-state index in [1.54, 1.807) is 6.07 Å². The molecule has 0 bridgehead atoms. The Bertz CT molecular complexity index is 1660. The molecule has 0 amide bonds. The number of rotatable bonds is 3. The Morgan fingerprint density at radius 1 is 0.686 bits per heavy atom. The summed E-state index contributed by atoms with van der Waals surface area (Å²) in [7, 11) is 0. The molecule has 2 saturated heterocycles. The summed E-state index contributed by atoms with van der Waals surface area (Å²) >= 11 is 0. The number of fused-ring (bicyclic) bond motifs is 6. The fourth-order valence-corrected chi connectivity index (χ4v) is 6.66. The number of nitrogens with zero attached hydrogens (tertiary/aromatic N) is 2. The predicted molar refractivity (Wildman–Crippen MR) is 133 cm³/mol. The van der Waals surface area contributed by atoms with Gasteiger partial charge in [0, 0.05) is 17.5 Å². The second-order valence-electron chi connectivity index (χ2n) is 11.1. The largest absolute Gasteiger partial charge is 0.341 e. The van der Waals surface area contributed by atoms with Crippen molar-refractivity contribution in [3.05, 3.63) is 59.9 Å². The first-order valence-corrected chi connectivity index (χ1v) is 12.8. The van der Waals surface area contributed by atoms with Crippen LogP contribution in [0.5, 0.6) is 0 Å². The highest BCUT2D eigenvalue weighted by molar-refractivity contribution is 6.05. The zero-order valence-corrected chi connectivity index (χ0v) is 19.1. The van der Waals surface area contributed by atoms with Gasteiger partial charge in [-0.25, -0.2) is 14.4 Å². The smallest absolute Gasteiger partial charge is 0.151 e. The molecule has 4 fully saturated rings. The van der Waals surface area contributed by atoms with Gasteiger partial charge in [-0.2, -0.15) is 0 Å². The molecule has 2 aliphatic heterocycles. The van der Waals surface area contributed by atoms with Gasteiger partial charge < -0.3 is 20.6 Å². The molecule has 6 atom stereocenters. The van der Waals surface area contributed by atoms with Crippen molar-refractivity contribution < 1.29 is 4.39 Å². The molecule has 0 radical (unpaired) electrons. The first-order chi connectivity index (χ1) is 17.2. The summed E-state index contributed by atoms with van der Waals surface area (Å²) in [4.78, 5) is 16.5. The molecule has 0 spiro atoms. The van der Waals surface area contributed by atoms with Crippen LogP contribution in [0.3, 0.4) is 0 Å². The second-order valence-corrected chi connectivity index (χ2v) is 11.1. The molecular weight excluding hydrogens is 439 g/mol. The Kier molecular flexibility index (Phi) is 3.51. The summed E-state index contributed by atoms with van der Waals surface area (Å²) in [5.41, 5.74) is 5.10. The van der Waals surface area contributed by atoms with Crippen LogP contribution in [0.15, 0.2) is 42.5 Å². The van der Waals surface area contributed by atoms with E-state index in [0.717, 1.165) is 68.4 Å². The van der Waals surface area contributed by atoms with Crippen LogP contribution in [0, 0.1) is 17.7 Å². The van der Waals surface area contributed by atoms with E-state index in [-0.39, 0.29) is 11.9 Å². The van der Waals surface area contributed by atoms with Crippen LogP contribution >= 0.6 is 0 Å². The summed E-state index contributed by atoms with van der Waals surface area (Å²) in [6.07, 6.45) is 4.84. The van der Waals surface area contributed by atoms with Crippen molar-refractivity contribution in [1.29, 1.82) is 0 Å². The molecule has 2 saturated carbocycles. The van der Waals surface area contributed by atoms with E-state index in [2.05, 4.69) is 55.9 Å². The van der Waals surface area contributed by atoms with Crippen LogP contribution in [0.4, 0.5) is 4.39 Å². The standard InChI is InChI=1S/C28H25FN6/c29-18-6-14(7-22-26(18)35-28(33-22)24-11-16-9-21(16)31-24)12-1-3-17-13(5-12)2-4-19-25(17)34-27(32-19)23-10-15-8-20(15)30-23/h1-7,15-16,20-21,23-24,30-31H,8-11H2,(H,32,34)(H,33,35)/t15-,16-,20-,21-,23+,24+/m1/s1. The molecule has 0 unspecified atom stereocenters. The average Bonchev–Trinajstić information content (AvgIpc) is 3.45. The van der Waals surface area contributed by atoms with E-state index in [1.807, 2.05) is 6.07 Å². The number of nitrogens with one attached hydrogen (secondary N) is 4. The van der Waals surface area contributed by atoms with Crippen molar-refractivity contribution in [3.8, 4) is 11.1 Å². The molecule has 7 heteroatoms. The third-order valence-corrected chi connectivity index (χ3v) is 8.79. The summed E-state index contributed by atoms with van der Waals surface area (Å²) in [6, 6.07) is 16.1. The van der Waals surface area contributed by atoms with Gasteiger partial charge in [-0.3, -0.25) is 0 Å². The number of hydrogen-bond donors (Lipinski definition) is 4. The van der Waals surface area contributed by atoms with E-state index >= 15 is 4.39 Å². The Labute approximate surface area is 200 Å². The van der Waals surface area contributed by atoms with Crippen molar-refractivity contribution in [3.63, 3.8) is 0 Å². The minimum Gasteiger partial charge on any atom is -0.341 e. The lowest BCUT2D eigenvalue weighted by atomic mass is 10.00. The minimum absolute atomic E-state index is 0.209. The molecule has 4 N–H and O–H groups in total. The monoisotopic (exact) mass is 464 g/mol. The number of benzene rings is 3. The lowest BCUT2D eigenvalue weighted by Gasteiger charge is -2.08. The number of hydrogen-bond acceptors (Lipinski definition) is 4. The fourth-order valence-electron chi connectivity index (χ4n) is 6.66. The van der Waals surface area contributed by atoms with Crippen LogP contribution in [-0.2, 0) is 0 Å². The molecule has 4 aliphatic rings. The molecule has 3 aromatic carbocycles. The lowest BCUT2D eigenvalue weighted by Crippen LogP contribution is -2.18. The highest BCUT2D eigenvalue weighted by Crippen LogP contribution is 2.47. The van der Waals surface area contributed by atoms with Crippen LogP contribution in [-0.4, -0.2) is 32.0 Å². The van der Waals surface area contributed by atoms with Crippen molar-refractivity contribution in [2.45, 2.75) is 49.9 Å².